The second-order valence-corrected chi connectivity index (χ2v) is 7.06. The molecule has 0 aromatic heterocycles. The summed E-state index contributed by atoms with van der Waals surface area (Å²) in [5, 5.41) is 0. The molecule has 2 nitrogen and oxygen atoms in total. The Hall–Kier alpha value is -0.0800. The molecule has 2 aliphatic carbocycles. The van der Waals surface area contributed by atoms with Crippen molar-refractivity contribution in [1.29, 1.82) is 0 Å². The highest BCUT2D eigenvalue weighted by molar-refractivity contribution is 4.98. The lowest BCUT2D eigenvalue weighted by molar-refractivity contribution is 0.0826. The Kier molecular flexibility index (Phi) is 3.20. The van der Waals surface area contributed by atoms with E-state index in [9.17, 15) is 0 Å². The highest BCUT2D eigenvalue weighted by Gasteiger charge is 2.43. The van der Waals surface area contributed by atoms with Crippen LogP contribution in [0.4, 0.5) is 0 Å². The van der Waals surface area contributed by atoms with Crippen molar-refractivity contribution in [2.24, 2.45) is 23.5 Å². The molecule has 3 fully saturated rings. The third kappa shape index (κ3) is 2.15. The smallest absolute Gasteiger partial charge is 0.0306 e. The highest BCUT2D eigenvalue weighted by Crippen LogP contribution is 2.43. The Balaban J connectivity index is 1.63. The first kappa shape index (κ1) is 12.0. The summed E-state index contributed by atoms with van der Waals surface area (Å²) >= 11 is 0. The molecule has 3 atom stereocenters. The van der Waals surface area contributed by atoms with Crippen LogP contribution in [0.25, 0.3) is 0 Å². The predicted molar refractivity (Wildman–Crippen MR) is 71.8 cm³/mol. The van der Waals surface area contributed by atoms with E-state index in [1.165, 1.54) is 58.0 Å². The zero-order chi connectivity index (χ0) is 11.9. The van der Waals surface area contributed by atoms with Gasteiger partial charge in [0, 0.05) is 25.2 Å². The molecule has 0 bridgehead atoms. The van der Waals surface area contributed by atoms with Crippen LogP contribution in [-0.4, -0.2) is 30.1 Å². The minimum Gasteiger partial charge on any atom is -0.329 e. The van der Waals surface area contributed by atoms with Gasteiger partial charge >= 0.3 is 0 Å². The van der Waals surface area contributed by atoms with Crippen molar-refractivity contribution in [3.63, 3.8) is 0 Å². The summed E-state index contributed by atoms with van der Waals surface area (Å²) in [6, 6.07) is 0. The summed E-state index contributed by atoms with van der Waals surface area (Å²) in [5.41, 5.74) is 6.42. The van der Waals surface area contributed by atoms with Crippen LogP contribution >= 0.6 is 0 Å². The van der Waals surface area contributed by atoms with Crippen molar-refractivity contribution >= 4 is 0 Å². The van der Waals surface area contributed by atoms with Crippen LogP contribution in [0.1, 0.15) is 51.9 Å². The SMILES string of the molecule is CC(CN)(CC1CCC1)N1CC2CCCC2C1. The van der Waals surface area contributed by atoms with Crippen molar-refractivity contribution in [3.8, 4) is 0 Å². The van der Waals surface area contributed by atoms with Crippen molar-refractivity contribution in [3.05, 3.63) is 0 Å². The van der Waals surface area contributed by atoms with Gasteiger partial charge in [-0.1, -0.05) is 25.7 Å². The number of nitrogens with zero attached hydrogens (tertiary/aromatic N) is 1. The summed E-state index contributed by atoms with van der Waals surface area (Å²) in [5.74, 6) is 2.98. The van der Waals surface area contributed by atoms with E-state index in [1.54, 1.807) is 0 Å². The van der Waals surface area contributed by atoms with Gasteiger partial charge in [0.25, 0.3) is 0 Å². The molecular formula is C15H28N2. The fourth-order valence-corrected chi connectivity index (χ4v) is 4.34. The topological polar surface area (TPSA) is 29.3 Å². The van der Waals surface area contributed by atoms with Crippen molar-refractivity contribution in [1.82, 2.24) is 4.90 Å². The second-order valence-electron chi connectivity index (χ2n) is 7.06. The van der Waals surface area contributed by atoms with Crippen molar-refractivity contribution in [2.75, 3.05) is 19.6 Å². The average Bonchev–Trinajstić information content (AvgIpc) is 2.83. The Bertz CT molecular complexity index is 262. The predicted octanol–water partition coefficient (Wildman–Crippen LogP) is 2.63. The maximum absolute atomic E-state index is 6.12. The molecule has 17 heavy (non-hydrogen) atoms. The van der Waals surface area contributed by atoms with Gasteiger partial charge in [0.2, 0.25) is 0 Å². The molecular weight excluding hydrogens is 208 g/mol. The van der Waals surface area contributed by atoms with E-state index in [4.69, 9.17) is 5.73 Å². The standard InChI is InChI=1S/C15H28N2/c1-15(11-16,8-12-4-2-5-12)17-9-13-6-3-7-14(13)10-17/h12-14H,2-11,16H2,1H3. The van der Waals surface area contributed by atoms with Crippen LogP contribution in [-0.2, 0) is 0 Å². The van der Waals surface area contributed by atoms with Gasteiger partial charge in [0.1, 0.15) is 0 Å². The van der Waals surface area contributed by atoms with Gasteiger partial charge in [-0.3, -0.25) is 4.90 Å². The molecule has 1 aliphatic heterocycles. The van der Waals surface area contributed by atoms with Crippen molar-refractivity contribution in [2.45, 2.75) is 57.4 Å². The maximum atomic E-state index is 6.12. The van der Waals surface area contributed by atoms with E-state index < -0.39 is 0 Å². The molecule has 2 saturated carbocycles. The molecule has 2 N–H and O–H groups in total. The molecule has 1 saturated heterocycles. The van der Waals surface area contributed by atoms with Crippen LogP contribution < -0.4 is 5.73 Å². The molecule has 0 radical (unpaired) electrons. The number of likely N-dealkylation sites (tertiary alicyclic amines) is 1. The van der Waals surface area contributed by atoms with Crippen LogP contribution in [0.2, 0.25) is 0 Å². The molecule has 3 unspecified atom stereocenters. The Labute approximate surface area is 106 Å². The second kappa shape index (κ2) is 4.55. The van der Waals surface area contributed by atoms with Crippen LogP contribution in [0.5, 0.6) is 0 Å². The summed E-state index contributed by atoms with van der Waals surface area (Å²) in [4.78, 5) is 2.75. The Morgan fingerprint density at radius 2 is 1.65 bits per heavy atom. The largest absolute Gasteiger partial charge is 0.329 e. The Morgan fingerprint density at radius 3 is 2.12 bits per heavy atom. The molecule has 1 heterocycles. The molecule has 0 aromatic carbocycles. The number of hydrogen-bond acceptors (Lipinski definition) is 2. The molecule has 3 rings (SSSR count). The van der Waals surface area contributed by atoms with Crippen LogP contribution in [0.3, 0.4) is 0 Å². The van der Waals surface area contributed by atoms with Crippen LogP contribution in [0, 0.1) is 17.8 Å². The molecule has 0 aromatic rings. The van der Waals surface area contributed by atoms with E-state index in [0.29, 0.717) is 5.54 Å². The quantitative estimate of drug-likeness (QED) is 0.813. The lowest BCUT2D eigenvalue weighted by Gasteiger charge is -2.43. The van der Waals surface area contributed by atoms with Gasteiger partial charge in [-0.05, 0) is 43.9 Å². The van der Waals surface area contributed by atoms with E-state index in [0.717, 1.165) is 24.3 Å². The molecule has 3 aliphatic rings. The van der Waals surface area contributed by atoms with E-state index in [-0.39, 0.29) is 0 Å². The van der Waals surface area contributed by atoms with Gasteiger partial charge in [0.05, 0.1) is 0 Å². The molecule has 0 amide bonds. The number of hydrogen-bond donors (Lipinski definition) is 1. The van der Waals surface area contributed by atoms with Crippen LogP contribution in [0.15, 0.2) is 0 Å². The number of fused-ring (bicyclic) bond motifs is 1. The lowest BCUT2D eigenvalue weighted by Crippen LogP contribution is -2.52. The zero-order valence-electron chi connectivity index (χ0n) is 11.3. The Morgan fingerprint density at radius 1 is 1.06 bits per heavy atom. The normalized spacial score (nSPS) is 37.8. The highest BCUT2D eigenvalue weighted by atomic mass is 15.2. The number of rotatable bonds is 4. The van der Waals surface area contributed by atoms with Crippen molar-refractivity contribution < 1.29 is 0 Å². The average molecular weight is 236 g/mol. The molecule has 98 valence electrons. The first-order chi connectivity index (χ1) is 8.21. The first-order valence-corrected chi connectivity index (χ1v) is 7.66. The van der Waals surface area contributed by atoms with E-state index in [1.807, 2.05) is 0 Å². The summed E-state index contributed by atoms with van der Waals surface area (Å²) in [7, 11) is 0. The molecule has 2 heteroatoms. The summed E-state index contributed by atoms with van der Waals surface area (Å²) in [6.07, 6.45) is 10.1. The fraction of sp³-hybridized carbons (Fsp3) is 1.00. The van der Waals surface area contributed by atoms with E-state index in [2.05, 4.69) is 11.8 Å². The molecule has 0 spiro atoms. The number of nitrogens with two attached hydrogens (primary N) is 1. The minimum atomic E-state index is 0.301. The van der Waals surface area contributed by atoms with Gasteiger partial charge in [0.15, 0.2) is 0 Å². The summed E-state index contributed by atoms with van der Waals surface area (Å²) in [6.45, 7) is 5.95. The monoisotopic (exact) mass is 236 g/mol. The van der Waals surface area contributed by atoms with Gasteiger partial charge in [-0.15, -0.1) is 0 Å². The third-order valence-electron chi connectivity index (χ3n) is 5.88. The van der Waals surface area contributed by atoms with Gasteiger partial charge < -0.3 is 5.73 Å². The van der Waals surface area contributed by atoms with E-state index >= 15 is 0 Å². The minimum absolute atomic E-state index is 0.301. The van der Waals surface area contributed by atoms with Gasteiger partial charge in [-0.2, -0.15) is 0 Å². The fourth-order valence-electron chi connectivity index (χ4n) is 4.34. The lowest BCUT2D eigenvalue weighted by atomic mass is 9.76. The third-order valence-corrected chi connectivity index (χ3v) is 5.88. The van der Waals surface area contributed by atoms with Gasteiger partial charge in [-0.25, -0.2) is 0 Å². The zero-order valence-corrected chi connectivity index (χ0v) is 11.3. The maximum Gasteiger partial charge on any atom is 0.0306 e. The first-order valence-electron chi connectivity index (χ1n) is 7.66. The summed E-state index contributed by atoms with van der Waals surface area (Å²) < 4.78 is 0.